The van der Waals surface area contributed by atoms with Crippen molar-refractivity contribution in [3.05, 3.63) is 95.6 Å². The molecule has 1 aliphatic rings. The molecule has 4 heteroatoms. The molecule has 0 spiro atoms. The van der Waals surface area contributed by atoms with E-state index in [0.717, 1.165) is 24.4 Å². The number of hydrogen-bond donors (Lipinski definition) is 0. The SMILES string of the molecule is Fc1ccccc1[C@@H]1CN(Cc2ccncc2)Cc2ccccc2O1. The Kier molecular flexibility index (Phi) is 4.44. The fraction of sp³-hybridized carbons (Fsp3) is 0.190. The van der Waals surface area contributed by atoms with Gasteiger partial charge in [0.2, 0.25) is 0 Å². The predicted octanol–water partition coefficient (Wildman–Crippen LogP) is 4.36. The number of hydrogen-bond acceptors (Lipinski definition) is 3. The maximum absolute atomic E-state index is 14.3. The van der Waals surface area contributed by atoms with E-state index < -0.39 is 0 Å². The molecule has 4 rings (SSSR count). The van der Waals surface area contributed by atoms with Crippen LogP contribution in [0, 0.1) is 5.82 Å². The summed E-state index contributed by atoms with van der Waals surface area (Å²) in [6.45, 7) is 2.16. The summed E-state index contributed by atoms with van der Waals surface area (Å²) in [4.78, 5) is 6.36. The van der Waals surface area contributed by atoms with E-state index in [1.54, 1.807) is 24.5 Å². The quantitative estimate of drug-likeness (QED) is 0.712. The number of nitrogens with zero attached hydrogens (tertiary/aromatic N) is 2. The molecule has 1 aliphatic heterocycles. The van der Waals surface area contributed by atoms with Crippen molar-refractivity contribution in [3.8, 4) is 5.75 Å². The van der Waals surface area contributed by atoms with Crippen molar-refractivity contribution in [1.82, 2.24) is 9.88 Å². The Morgan fingerprint density at radius 1 is 1.00 bits per heavy atom. The number of rotatable bonds is 3. The van der Waals surface area contributed by atoms with Crippen LogP contribution in [-0.2, 0) is 13.1 Å². The van der Waals surface area contributed by atoms with Gasteiger partial charge in [0.05, 0.1) is 0 Å². The van der Waals surface area contributed by atoms with E-state index in [9.17, 15) is 4.39 Å². The van der Waals surface area contributed by atoms with Crippen molar-refractivity contribution >= 4 is 0 Å². The number of ether oxygens (including phenoxy) is 1. The van der Waals surface area contributed by atoms with E-state index in [1.165, 1.54) is 11.6 Å². The molecule has 0 bridgehead atoms. The van der Waals surface area contributed by atoms with E-state index in [4.69, 9.17) is 4.74 Å². The number of benzene rings is 2. The van der Waals surface area contributed by atoms with Gasteiger partial charge in [0.1, 0.15) is 17.7 Å². The number of fused-ring (bicyclic) bond motifs is 1. The smallest absolute Gasteiger partial charge is 0.139 e. The van der Waals surface area contributed by atoms with Gasteiger partial charge >= 0.3 is 0 Å². The molecule has 0 N–H and O–H groups in total. The molecular weight excluding hydrogens is 315 g/mol. The summed E-state index contributed by atoms with van der Waals surface area (Å²) in [5.41, 5.74) is 2.90. The first kappa shape index (κ1) is 15.8. The average Bonchev–Trinajstić information content (AvgIpc) is 2.82. The van der Waals surface area contributed by atoms with Crippen molar-refractivity contribution in [2.45, 2.75) is 19.2 Å². The lowest BCUT2D eigenvalue weighted by Gasteiger charge is -2.24. The van der Waals surface area contributed by atoms with Crippen LogP contribution in [0.4, 0.5) is 4.39 Å². The molecule has 1 aromatic heterocycles. The molecule has 0 radical (unpaired) electrons. The Bertz CT molecular complexity index is 853. The van der Waals surface area contributed by atoms with Gasteiger partial charge in [-0.1, -0.05) is 36.4 Å². The number of halogens is 1. The molecule has 3 aromatic rings. The Morgan fingerprint density at radius 2 is 1.76 bits per heavy atom. The fourth-order valence-corrected chi connectivity index (χ4v) is 3.24. The number of pyridine rings is 1. The van der Waals surface area contributed by atoms with Crippen molar-refractivity contribution in [3.63, 3.8) is 0 Å². The molecular formula is C21H19FN2O. The first-order valence-electron chi connectivity index (χ1n) is 8.40. The highest BCUT2D eigenvalue weighted by Crippen LogP contribution is 2.32. The minimum absolute atomic E-state index is 0.226. The molecule has 2 aromatic carbocycles. The summed E-state index contributed by atoms with van der Waals surface area (Å²) in [5.74, 6) is 0.601. The number of aromatic nitrogens is 1. The highest BCUT2D eigenvalue weighted by atomic mass is 19.1. The van der Waals surface area contributed by atoms with Gasteiger partial charge in [0, 0.05) is 43.2 Å². The molecule has 0 saturated heterocycles. The highest BCUT2D eigenvalue weighted by molar-refractivity contribution is 5.35. The summed E-state index contributed by atoms with van der Waals surface area (Å²) >= 11 is 0. The maximum atomic E-state index is 14.3. The fourth-order valence-electron chi connectivity index (χ4n) is 3.24. The van der Waals surface area contributed by atoms with Gasteiger partial charge in [-0.25, -0.2) is 4.39 Å². The summed E-state index contributed by atoms with van der Waals surface area (Å²) in [7, 11) is 0. The van der Waals surface area contributed by atoms with Crippen LogP contribution in [0.2, 0.25) is 0 Å². The Labute approximate surface area is 146 Å². The lowest BCUT2D eigenvalue weighted by molar-refractivity contribution is 0.140. The van der Waals surface area contributed by atoms with Gasteiger partial charge in [-0.2, -0.15) is 0 Å². The Morgan fingerprint density at radius 3 is 2.60 bits per heavy atom. The van der Waals surface area contributed by atoms with E-state index in [2.05, 4.69) is 16.0 Å². The van der Waals surface area contributed by atoms with E-state index >= 15 is 0 Å². The third-order valence-electron chi connectivity index (χ3n) is 4.47. The van der Waals surface area contributed by atoms with Gasteiger partial charge in [0.15, 0.2) is 0 Å². The van der Waals surface area contributed by atoms with Crippen LogP contribution in [0.15, 0.2) is 73.1 Å². The summed E-state index contributed by atoms with van der Waals surface area (Å²) in [6, 6.07) is 18.9. The number of para-hydroxylation sites is 1. The standard InChI is InChI=1S/C21H19FN2O/c22-19-7-3-2-6-18(19)21-15-24(13-16-9-11-23-12-10-16)14-17-5-1-4-8-20(17)25-21/h1-12,21H,13-15H2/t21-/m0/s1. The van der Waals surface area contributed by atoms with Gasteiger partial charge in [-0.05, 0) is 29.8 Å². The molecule has 126 valence electrons. The zero-order valence-corrected chi connectivity index (χ0v) is 13.8. The van der Waals surface area contributed by atoms with Crippen LogP contribution in [0.25, 0.3) is 0 Å². The summed E-state index contributed by atoms with van der Waals surface area (Å²) in [5, 5.41) is 0. The lowest BCUT2D eigenvalue weighted by atomic mass is 10.1. The minimum atomic E-state index is -0.341. The molecule has 0 unspecified atom stereocenters. The van der Waals surface area contributed by atoms with Crippen molar-refractivity contribution in [2.75, 3.05) is 6.54 Å². The third kappa shape index (κ3) is 3.54. The van der Waals surface area contributed by atoms with Gasteiger partial charge < -0.3 is 4.74 Å². The van der Waals surface area contributed by atoms with Crippen LogP contribution in [0.1, 0.15) is 22.8 Å². The van der Waals surface area contributed by atoms with Crippen LogP contribution in [0.5, 0.6) is 5.75 Å². The van der Waals surface area contributed by atoms with Crippen molar-refractivity contribution < 1.29 is 9.13 Å². The highest BCUT2D eigenvalue weighted by Gasteiger charge is 2.26. The normalized spacial score (nSPS) is 17.4. The molecule has 25 heavy (non-hydrogen) atoms. The average molecular weight is 334 g/mol. The Hall–Kier alpha value is -2.72. The van der Waals surface area contributed by atoms with E-state index in [0.29, 0.717) is 12.1 Å². The summed E-state index contributed by atoms with van der Waals surface area (Å²) < 4.78 is 20.5. The van der Waals surface area contributed by atoms with Gasteiger partial charge in [-0.3, -0.25) is 9.88 Å². The molecule has 0 fully saturated rings. The second kappa shape index (κ2) is 7.03. The molecule has 3 nitrogen and oxygen atoms in total. The van der Waals surface area contributed by atoms with Crippen LogP contribution >= 0.6 is 0 Å². The topological polar surface area (TPSA) is 25.4 Å². The molecule has 0 aliphatic carbocycles. The van der Waals surface area contributed by atoms with Crippen molar-refractivity contribution in [1.29, 1.82) is 0 Å². The molecule has 1 atom stereocenters. The van der Waals surface area contributed by atoms with Crippen LogP contribution in [0.3, 0.4) is 0 Å². The zero-order chi connectivity index (χ0) is 17.1. The second-order valence-corrected chi connectivity index (χ2v) is 6.26. The predicted molar refractivity (Wildman–Crippen MR) is 94.6 cm³/mol. The minimum Gasteiger partial charge on any atom is -0.484 e. The Balaban J connectivity index is 1.67. The monoisotopic (exact) mass is 334 g/mol. The molecule has 2 heterocycles. The third-order valence-corrected chi connectivity index (χ3v) is 4.47. The first-order chi connectivity index (χ1) is 12.3. The van der Waals surface area contributed by atoms with Crippen LogP contribution in [-0.4, -0.2) is 16.4 Å². The van der Waals surface area contributed by atoms with Crippen molar-refractivity contribution in [2.24, 2.45) is 0 Å². The second-order valence-electron chi connectivity index (χ2n) is 6.26. The van der Waals surface area contributed by atoms with Gasteiger partial charge in [0.25, 0.3) is 0 Å². The maximum Gasteiger partial charge on any atom is 0.139 e. The molecule has 0 amide bonds. The van der Waals surface area contributed by atoms with E-state index in [1.807, 2.05) is 36.4 Å². The first-order valence-corrected chi connectivity index (χ1v) is 8.40. The molecule has 0 saturated carbocycles. The zero-order valence-electron chi connectivity index (χ0n) is 13.8. The van der Waals surface area contributed by atoms with E-state index in [-0.39, 0.29) is 11.9 Å². The largest absolute Gasteiger partial charge is 0.484 e. The lowest BCUT2D eigenvalue weighted by Crippen LogP contribution is -2.28. The summed E-state index contributed by atoms with van der Waals surface area (Å²) in [6.07, 6.45) is 3.25. The van der Waals surface area contributed by atoms with Crippen LogP contribution < -0.4 is 4.74 Å². The van der Waals surface area contributed by atoms with Gasteiger partial charge in [-0.15, -0.1) is 0 Å².